The van der Waals surface area contributed by atoms with E-state index in [1.165, 1.54) is 6.42 Å². The van der Waals surface area contributed by atoms with Crippen molar-refractivity contribution >= 4 is 0 Å². The van der Waals surface area contributed by atoms with Gasteiger partial charge in [0.15, 0.2) is 17.9 Å². The van der Waals surface area contributed by atoms with Gasteiger partial charge >= 0.3 is 0 Å². The molecular weight excluding hydrogens is 296 g/mol. The molecular formula is C18H26O5. The van der Waals surface area contributed by atoms with E-state index in [4.69, 9.17) is 23.7 Å². The van der Waals surface area contributed by atoms with Crippen LogP contribution in [0.2, 0.25) is 0 Å². The van der Waals surface area contributed by atoms with Crippen LogP contribution in [0.4, 0.5) is 0 Å². The molecule has 5 heteroatoms. The fraction of sp³-hybridized carbons (Fsp3) is 0.889. The van der Waals surface area contributed by atoms with E-state index < -0.39 is 11.6 Å². The normalized spacial score (nSPS) is 56.0. The first-order chi connectivity index (χ1) is 10.9. The minimum Gasteiger partial charge on any atom is -0.347 e. The van der Waals surface area contributed by atoms with Crippen molar-refractivity contribution in [1.29, 1.82) is 0 Å². The molecule has 7 atom stereocenters. The highest BCUT2D eigenvalue weighted by Gasteiger charge is 2.76. The molecule has 1 aliphatic carbocycles. The van der Waals surface area contributed by atoms with Crippen LogP contribution in [-0.4, -0.2) is 42.8 Å². The Balaban J connectivity index is 1.66. The number of rotatable bonds is 1. The molecule has 0 aromatic rings. The lowest BCUT2D eigenvalue weighted by Gasteiger charge is -2.56. The van der Waals surface area contributed by atoms with Crippen LogP contribution < -0.4 is 0 Å². The summed E-state index contributed by atoms with van der Waals surface area (Å²) in [5.74, 6) is -0.882. The molecule has 2 bridgehead atoms. The van der Waals surface area contributed by atoms with E-state index >= 15 is 0 Å². The molecule has 23 heavy (non-hydrogen) atoms. The third-order valence-electron chi connectivity index (χ3n) is 6.58. The average molecular weight is 322 g/mol. The molecule has 4 saturated heterocycles. The van der Waals surface area contributed by atoms with Gasteiger partial charge in [0, 0.05) is 12.3 Å². The molecule has 128 valence electrons. The largest absolute Gasteiger partial charge is 0.347 e. The standard InChI is InChI=1S/C18H26O5/c1-10(2)18-12-7-5-6-8-17(12)19-9-11(21-17)13(18)20-15-14(18)22-16(3,4)23-15/h11-15H,1,5-9H2,2-4H3/t11?,12-,13+,14-,15+,17+,18-/m0/s1. The maximum atomic E-state index is 6.40. The van der Waals surface area contributed by atoms with Gasteiger partial charge in [-0.1, -0.05) is 18.6 Å². The second kappa shape index (κ2) is 4.38. The molecule has 0 N–H and O–H groups in total. The Labute approximate surface area is 137 Å². The zero-order valence-corrected chi connectivity index (χ0v) is 14.2. The van der Waals surface area contributed by atoms with E-state index in [-0.39, 0.29) is 35.9 Å². The van der Waals surface area contributed by atoms with E-state index in [9.17, 15) is 0 Å². The zero-order chi connectivity index (χ0) is 16.0. The summed E-state index contributed by atoms with van der Waals surface area (Å²) in [4.78, 5) is 0. The van der Waals surface area contributed by atoms with Crippen molar-refractivity contribution in [3.8, 4) is 0 Å². The molecule has 0 aromatic heterocycles. The lowest BCUT2D eigenvalue weighted by atomic mass is 9.56. The molecule has 4 heterocycles. The van der Waals surface area contributed by atoms with Gasteiger partial charge in [-0.25, -0.2) is 0 Å². The molecule has 1 spiro atoms. The van der Waals surface area contributed by atoms with Crippen LogP contribution in [0.5, 0.6) is 0 Å². The van der Waals surface area contributed by atoms with Crippen molar-refractivity contribution in [2.75, 3.05) is 6.61 Å². The van der Waals surface area contributed by atoms with Gasteiger partial charge in [-0.15, -0.1) is 0 Å². The predicted molar refractivity (Wildman–Crippen MR) is 81.5 cm³/mol. The van der Waals surface area contributed by atoms with Gasteiger partial charge < -0.3 is 23.7 Å². The summed E-state index contributed by atoms with van der Waals surface area (Å²) in [5.41, 5.74) is 0.838. The summed E-state index contributed by atoms with van der Waals surface area (Å²) in [6, 6.07) is 0. The van der Waals surface area contributed by atoms with Crippen molar-refractivity contribution in [2.24, 2.45) is 11.3 Å². The van der Waals surface area contributed by atoms with Gasteiger partial charge in [0.05, 0.1) is 12.0 Å². The molecule has 0 radical (unpaired) electrons. The zero-order valence-electron chi connectivity index (χ0n) is 14.2. The van der Waals surface area contributed by atoms with Crippen LogP contribution >= 0.6 is 0 Å². The Bertz CT molecular complexity index is 560. The van der Waals surface area contributed by atoms with Crippen molar-refractivity contribution in [3.63, 3.8) is 0 Å². The first kappa shape index (κ1) is 14.8. The quantitative estimate of drug-likeness (QED) is 0.695. The van der Waals surface area contributed by atoms with E-state index in [1.807, 2.05) is 13.8 Å². The van der Waals surface area contributed by atoms with Crippen molar-refractivity contribution in [3.05, 3.63) is 12.2 Å². The monoisotopic (exact) mass is 322 g/mol. The van der Waals surface area contributed by atoms with Crippen LogP contribution in [0.3, 0.4) is 0 Å². The molecule has 1 unspecified atom stereocenters. The van der Waals surface area contributed by atoms with Crippen molar-refractivity contribution < 1.29 is 23.7 Å². The molecule has 5 nitrogen and oxygen atoms in total. The molecule has 0 amide bonds. The van der Waals surface area contributed by atoms with Crippen molar-refractivity contribution in [2.45, 2.75) is 82.6 Å². The van der Waals surface area contributed by atoms with Gasteiger partial charge in [-0.3, -0.25) is 0 Å². The van der Waals surface area contributed by atoms with Crippen LogP contribution in [0.1, 0.15) is 46.5 Å². The summed E-state index contributed by atoms with van der Waals surface area (Å²) in [5, 5.41) is 0. The lowest BCUT2D eigenvalue weighted by Crippen LogP contribution is -2.64. The Morgan fingerprint density at radius 2 is 1.91 bits per heavy atom. The van der Waals surface area contributed by atoms with Crippen LogP contribution in [-0.2, 0) is 23.7 Å². The fourth-order valence-corrected chi connectivity index (χ4v) is 5.87. The lowest BCUT2D eigenvalue weighted by molar-refractivity contribution is -0.310. The SMILES string of the molecule is C=C(C)[C@]12[C@H](O[C@@H]3OC(C)(C)O[C@@H]31)C1CO[C@]3(CCCC[C@@H]32)O1. The van der Waals surface area contributed by atoms with Gasteiger partial charge in [-0.2, -0.15) is 0 Å². The highest BCUT2D eigenvalue weighted by Crippen LogP contribution is 2.66. The van der Waals surface area contributed by atoms with Crippen LogP contribution in [0.15, 0.2) is 12.2 Å². The van der Waals surface area contributed by atoms with Crippen LogP contribution in [0.25, 0.3) is 0 Å². The van der Waals surface area contributed by atoms with Gasteiger partial charge in [0.1, 0.15) is 18.3 Å². The molecule has 5 rings (SSSR count). The number of hydrogen-bond donors (Lipinski definition) is 0. The van der Waals surface area contributed by atoms with Crippen molar-refractivity contribution in [1.82, 2.24) is 0 Å². The topological polar surface area (TPSA) is 46.2 Å². The molecule has 4 aliphatic heterocycles. The minimum atomic E-state index is -0.622. The Hall–Kier alpha value is -0.460. The van der Waals surface area contributed by atoms with Gasteiger partial charge in [0.25, 0.3) is 0 Å². The summed E-state index contributed by atoms with van der Waals surface area (Å²) >= 11 is 0. The minimum absolute atomic E-state index is 0.0537. The van der Waals surface area contributed by atoms with Crippen LogP contribution in [0, 0.1) is 11.3 Å². The number of ether oxygens (including phenoxy) is 5. The number of hydrogen-bond acceptors (Lipinski definition) is 5. The Morgan fingerprint density at radius 1 is 1.09 bits per heavy atom. The molecule has 1 saturated carbocycles. The first-order valence-electron chi connectivity index (χ1n) is 8.88. The molecule has 5 aliphatic rings. The molecule has 0 aromatic carbocycles. The maximum Gasteiger partial charge on any atom is 0.188 e. The van der Waals surface area contributed by atoms with E-state index in [0.29, 0.717) is 6.61 Å². The second-order valence-corrected chi connectivity index (χ2v) is 8.27. The summed E-state index contributed by atoms with van der Waals surface area (Å²) < 4.78 is 31.4. The molecule has 5 fully saturated rings. The van der Waals surface area contributed by atoms with E-state index in [2.05, 4.69) is 13.5 Å². The summed E-state index contributed by atoms with van der Waals surface area (Å²) in [7, 11) is 0. The maximum absolute atomic E-state index is 6.40. The Morgan fingerprint density at radius 3 is 2.70 bits per heavy atom. The number of fused-ring (bicyclic) bond motifs is 6. The smallest absolute Gasteiger partial charge is 0.188 e. The third kappa shape index (κ3) is 1.65. The van der Waals surface area contributed by atoms with Gasteiger partial charge in [-0.05, 0) is 33.6 Å². The summed E-state index contributed by atoms with van der Waals surface area (Å²) in [6.45, 7) is 11.0. The fourth-order valence-electron chi connectivity index (χ4n) is 5.87. The highest BCUT2D eigenvalue weighted by atomic mass is 16.8. The van der Waals surface area contributed by atoms with Gasteiger partial charge in [0.2, 0.25) is 0 Å². The predicted octanol–water partition coefficient (Wildman–Crippen LogP) is 2.74. The van der Waals surface area contributed by atoms with E-state index in [1.54, 1.807) is 0 Å². The first-order valence-corrected chi connectivity index (χ1v) is 8.88. The second-order valence-electron chi connectivity index (χ2n) is 8.27. The third-order valence-corrected chi connectivity index (χ3v) is 6.58. The highest BCUT2D eigenvalue weighted by molar-refractivity contribution is 5.28. The van der Waals surface area contributed by atoms with E-state index in [0.717, 1.165) is 24.8 Å². The average Bonchev–Trinajstić information content (AvgIpc) is 3.08. The Kier molecular flexibility index (Phi) is 2.83. The summed E-state index contributed by atoms with van der Waals surface area (Å²) in [6.07, 6.45) is 3.74.